The van der Waals surface area contributed by atoms with E-state index in [0.29, 0.717) is 93.9 Å². The lowest BCUT2D eigenvalue weighted by Crippen LogP contribution is -2.46. The largest absolute Gasteiger partial charge is 0.508 e. The summed E-state index contributed by atoms with van der Waals surface area (Å²) in [6.45, 7) is 10.1. The van der Waals surface area contributed by atoms with E-state index in [4.69, 9.17) is 0 Å². The second kappa shape index (κ2) is 28.0. The molecule has 6 saturated carbocycles. The summed E-state index contributed by atoms with van der Waals surface area (Å²) >= 11 is 5.59. The number of aryl methyl sites for hydroxylation is 4. The molecular weight excluding hydrogens is 1160 g/mol. The number of ketones is 1. The molecule has 8 nitrogen and oxygen atoms in total. The molecule has 6 fully saturated rings. The number of carbonyl (C=O) groups excluding carboxylic acids is 2. The van der Waals surface area contributed by atoms with Crippen LogP contribution in [-0.2, 0) is 35.3 Å². The molecule has 474 valence electrons. The quantitative estimate of drug-likeness (QED) is 0.0552. The van der Waals surface area contributed by atoms with Crippen LogP contribution in [0.15, 0.2) is 78.9 Å². The first-order valence-electron chi connectivity index (χ1n) is 34.8. The Morgan fingerprint density at radius 1 is 0.644 bits per heavy atom. The third-order valence-electron chi connectivity index (χ3n) is 25.2. The van der Waals surface area contributed by atoms with E-state index in [2.05, 4.69) is 98.2 Å². The van der Waals surface area contributed by atoms with Gasteiger partial charge in [0.05, 0.1) is 12.2 Å². The van der Waals surface area contributed by atoms with Crippen molar-refractivity contribution < 1.29 is 35.1 Å². The fraction of sp³-hybridized carbons (Fsp3) is 0.662. The molecule has 0 aliphatic heterocycles. The summed E-state index contributed by atoms with van der Waals surface area (Å²) in [6.07, 6.45) is 28.7. The second-order valence-corrected chi connectivity index (χ2v) is 32.1. The van der Waals surface area contributed by atoms with Gasteiger partial charge in [0.25, 0.3) is 0 Å². The maximum atomic E-state index is 12.3. The number of hydrogen-bond donors (Lipinski definition) is 5. The Labute approximate surface area is 535 Å². The normalized spacial score (nSPS) is 34.1. The molecule has 0 aromatic heterocycles. The van der Waals surface area contributed by atoms with Crippen LogP contribution in [0, 0.1) is 57.7 Å². The lowest BCUT2D eigenvalue weighted by atomic mass is 9.50. The van der Waals surface area contributed by atoms with E-state index in [1.54, 1.807) is 0 Å². The molecule has 0 saturated heterocycles. The number of halogens is 1. The van der Waals surface area contributed by atoms with Crippen molar-refractivity contribution in [2.75, 3.05) is 24.7 Å². The van der Waals surface area contributed by atoms with Crippen LogP contribution < -0.4 is 0 Å². The number of aliphatic hydroxyl groups is 2. The molecule has 9 aliphatic rings. The van der Waals surface area contributed by atoms with Crippen LogP contribution in [-0.4, -0.2) is 79.0 Å². The number of thioether (sulfide) groups is 1. The smallest absolute Gasteiger partial charge is 0.222 e. The zero-order valence-corrected chi connectivity index (χ0v) is 55.9. The highest BCUT2D eigenvalue weighted by Gasteiger charge is 2.59. The van der Waals surface area contributed by atoms with Gasteiger partial charge in [-0.05, 0) is 297 Å². The van der Waals surface area contributed by atoms with Crippen molar-refractivity contribution in [2.45, 2.75) is 236 Å². The Hall–Kier alpha value is -3.83. The van der Waals surface area contributed by atoms with Crippen molar-refractivity contribution in [3.05, 3.63) is 123 Å². The number of phenols is 3. The van der Waals surface area contributed by atoms with Crippen LogP contribution in [0.3, 0.4) is 0 Å². The maximum absolute atomic E-state index is 12.3. The molecule has 16 atom stereocenters. The number of Topliss-reactive ketones (excluding diaryl/α,β-unsaturated/α-hetero) is 1. The molecule has 13 rings (SSSR count). The number of nitrogens with zero attached hydrogens (tertiary/aromatic N) is 1. The van der Waals surface area contributed by atoms with Crippen LogP contribution in [0.1, 0.15) is 243 Å². The molecule has 9 unspecified atom stereocenters. The third kappa shape index (κ3) is 13.6. The number of fused-ring (bicyclic) bond motifs is 15. The molecule has 10 heteroatoms. The van der Waals surface area contributed by atoms with Crippen molar-refractivity contribution in [1.29, 1.82) is 0 Å². The van der Waals surface area contributed by atoms with E-state index in [1.165, 1.54) is 90.3 Å². The van der Waals surface area contributed by atoms with Crippen molar-refractivity contribution in [3.63, 3.8) is 0 Å². The zero-order chi connectivity index (χ0) is 61.2. The zero-order valence-electron chi connectivity index (χ0n) is 53.5. The summed E-state index contributed by atoms with van der Waals surface area (Å²) in [5.41, 5.74) is 11.3. The minimum absolute atomic E-state index is 0.0850. The molecule has 0 bridgehead atoms. The van der Waals surface area contributed by atoms with Gasteiger partial charge in [0.2, 0.25) is 5.91 Å². The number of aliphatic hydroxyl groups excluding tert-OH is 2. The predicted molar refractivity (Wildman–Crippen MR) is 358 cm³/mol. The molecule has 0 heterocycles. The number of rotatable bonds is 16. The molecule has 4 aromatic carbocycles. The highest BCUT2D eigenvalue weighted by molar-refractivity contribution is 9.09. The number of alkyl halides is 1. The number of aromatic hydroxyl groups is 3. The van der Waals surface area contributed by atoms with E-state index in [1.807, 2.05) is 48.0 Å². The number of hydrogen-bond acceptors (Lipinski definition) is 8. The van der Waals surface area contributed by atoms with Gasteiger partial charge in [-0.1, -0.05) is 105 Å². The summed E-state index contributed by atoms with van der Waals surface area (Å²) in [4.78, 5) is 26.3. The van der Waals surface area contributed by atoms with Crippen molar-refractivity contribution in [3.8, 4) is 17.2 Å². The molecule has 0 radical (unpaired) electrons. The summed E-state index contributed by atoms with van der Waals surface area (Å²) in [5.74, 6) is 9.44. The Kier molecular flexibility index (Phi) is 20.8. The van der Waals surface area contributed by atoms with Crippen LogP contribution in [0.4, 0.5) is 0 Å². The highest BCUT2D eigenvalue weighted by Crippen LogP contribution is 2.66. The molecule has 9 aliphatic carbocycles. The molecule has 5 N–H and O–H groups in total. The average Bonchev–Trinajstić information content (AvgIpc) is 1.97. The third-order valence-corrected chi connectivity index (χ3v) is 27.1. The first-order valence-corrected chi connectivity index (χ1v) is 36.9. The van der Waals surface area contributed by atoms with Gasteiger partial charge in [-0.15, -0.1) is 0 Å². The van der Waals surface area contributed by atoms with Gasteiger partial charge in [0.15, 0.2) is 0 Å². The molecular formula is C77H106BrNO7S. The Morgan fingerprint density at radius 2 is 1.33 bits per heavy atom. The fourth-order valence-corrected chi connectivity index (χ4v) is 22.0. The van der Waals surface area contributed by atoms with Crippen LogP contribution in [0.25, 0.3) is 0 Å². The Morgan fingerprint density at radius 3 is 2.09 bits per heavy atom. The van der Waals surface area contributed by atoms with E-state index >= 15 is 0 Å². The minimum atomic E-state index is -0.144. The number of phenolic OH excluding ortho intramolecular Hbond substituents is 3. The van der Waals surface area contributed by atoms with Gasteiger partial charge in [-0.25, -0.2) is 0 Å². The minimum Gasteiger partial charge on any atom is -0.508 e. The highest BCUT2D eigenvalue weighted by atomic mass is 79.9. The lowest BCUT2D eigenvalue weighted by molar-refractivity contribution is -0.130. The van der Waals surface area contributed by atoms with E-state index in [9.17, 15) is 35.1 Å². The van der Waals surface area contributed by atoms with Gasteiger partial charge in [0.1, 0.15) is 23.0 Å². The lowest BCUT2D eigenvalue weighted by Gasteiger charge is -2.54. The van der Waals surface area contributed by atoms with Gasteiger partial charge in [-0.3, -0.25) is 9.59 Å². The van der Waals surface area contributed by atoms with Crippen LogP contribution in [0.5, 0.6) is 17.2 Å². The fourth-order valence-electron chi connectivity index (χ4n) is 20.3. The number of carbonyl (C=O) groups is 2. The first kappa shape index (κ1) is 64.7. The summed E-state index contributed by atoms with van der Waals surface area (Å²) in [7, 11) is 1.93. The number of unbranched alkanes of at least 4 members (excludes halogenated alkanes) is 3. The van der Waals surface area contributed by atoms with Gasteiger partial charge in [-0.2, -0.15) is 11.8 Å². The van der Waals surface area contributed by atoms with E-state index in [0.717, 1.165) is 139 Å². The maximum Gasteiger partial charge on any atom is 0.222 e. The molecule has 1 amide bonds. The predicted octanol–water partition coefficient (Wildman–Crippen LogP) is 17.7. The van der Waals surface area contributed by atoms with Gasteiger partial charge >= 0.3 is 0 Å². The van der Waals surface area contributed by atoms with Crippen molar-refractivity contribution in [2.24, 2.45) is 57.7 Å². The second-order valence-electron chi connectivity index (χ2n) is 30.0. The van der Waals surface area contributed by atoms with Crippen molar-refractivity contribution in [1.82, 2.24) is 4.90 Å². The topological polar surface area (TPSA) is 139 Å². The molecule has 4 aromatic rings. The SMILES string of the molecule is CCCCN(C)C(=O)CCCCCS[C@@H]1CC2C(CC[C@@]3(C)C2CC[C@@H]3O)c2ccc(O)cc21.C[C@]12CCC3c4cc(CCc5ccccc5)c(O)cc4CCC3C1CCC(=O)C2.C[C@]12CCC3c4ccc(O)cc4CCC3C1C[C@@H](CCCBr)[C@@H]2O. The Balaban J connectivity index is 0.000000137. The van der Waals surface area contributed by atoms with Gasteiger partial charge < -0.3 is 30.4 Å². The molecule has 0 spiro atoms. The van der Waals surface area contributed by atoms with Gasteiger partial charge in [0, 0.05) is 43.4 Å². The van der Waals surface area contributed by atoms with Crippen molar-refractivity contribution >= 4 is 39.4 Å². The van der Waals surface area contributed by atoms with Crippen LogP contribution in [0.2, 0.25) is 0 Å². The Bertz CT molecular complexity index is 3010. The monoisotopic (exact) mass is 1270 g/mol. The van der Waals surface area contributed by atoms with Crippen LogP contribution >= 0.6 is 27.7 Å². The standard InChI is InChI=1S/C29H45NO3S.C27H32O2.C21H29BrO2/c1-4-5-16-30(3)28(33)9-7-6-8-17-34-26-19-23-22(21-11-10-20(31)18-24(21)26)14-15-29(2)25(23)12-13-27(29)32;1-27-14-13-22-23(25(27)12-10-21(28)17-27)11-9-19-16-26(29)20(15-24(19)22)8-7-18-5-3-2-4-6-18;1-21-9-8-17-16-7-5-15(23)11-13(16)4-6-18(17)19(21)12-14(20(21)24)3-2-10-22/h10-11,18,22-23,25-27,31-32H,4-9,12-17,19H2,1-3H3;2-6,15-16,22-23,25,29H,7-14,17H2,1H3;5,7,11,14,17-20,23-24H,2-4,6,8-10,12H2,1H3/t22?,23?,25?,26-,27+,29+;22?,23?,25?,27-;14-,17?,18?,19?,20+,21+/m111/s1. The van der Waals surface area contributed by atoms with E-state index in [-0.39, 0.29) is 34.4 Å². The first-order chi connectivity index (χ1) is 41.9. The summed E-state index contributed by atoms with van der Waals surface area (Å²) < 4.78 is 0. The number of benzene rings is 4. The number of amides is 1. The average molecular weight is 1270 g/mol. The molecule has 87 heavy (non-hydrogen) atoms. The van der Waals surface area contributed by atoms with E-state index < -0.39 is 0 Å². The summed E-state index contributed by atoms with van der Waals surface area (Å²) in [5, 5.41) is 53.9. The summed E-state index contributed by atoms with van der Waals surface area (Å²) in [6, 6.07) is 27.0.